The molecule has 0 aliphatic heterocycles. The van der Waals surface area contributed by atoms with Crippen LogP contribution in [0.4, 0.5) is 0 Å². The summed E-state index contributed by atoms with van der Waals surface area (Å²) in [6.45, 7) is 1.72. The van der Waals surface area contributed by atoms with Crippen LogP contribution in [0.1, 0.15) is 5.89 Å². The second-order valence-electron chi connectivity index (χ2n) is 3.67. The van der Waals surface area contributed by atoms with Crippen molar-refractivity contribution in [2.75, 3.05) is 0 Å². The smallest absolute Gasteiger partial charge is 0.280 e. The van der Waals surface area contributed by atoms with Crippen LogP contribution in [0.3, 0.4) is 0 Å². The molecule has 5 nitrogen and oxygen atoms in total. The molecule has 0 aliphatic rings. The van der Waals surface area contributed by atoms with Crippen molar-refractivity contribution in [3.05, 3.63) is 34.7 Å². The van der Waals surface area contributed by atoms with Gasteiger partial charge in [-0.3, -0.25) is 9.78 Å². The fourth-order valence-corrected chi connectivity index (χ4v) is 1.88. The molecule has 3 heterocycles. The van der Waals surface area contributed by atoms with Crippen molar-refractivity contribution < 1.29 is 4.42 Å². The standard InChI is InChI=1S/C11H9N3O2/c1-6-13-9-10(16-6)7-5-12-4-3-8(7)14(2)11(9)15/h3-5H,1-2H3. The molecule has 0 atom stereocenters. The van der Waals surface area contributed by atoms with Gasteiger partial charge in [0.15, 0.2) is 17.0 Å². The fourth-order valence-electron chi connectivity index (χ4n) is 1.88. The van der Waals surface area contributed by atoms with Gasteiger partial charge in [0.2, 0.25) is 0 Å². The number of rotatable bonds is 0. The summed E-state index contributed by atoms with van der Waals surface area (Å²) in [5.74, 6) is 0.489. The predicted octanol–water partition coefficient (Wildman–Crippen LogP) is 1.38. The van der Waals surface area contributed by atoms with Crippen LogP contribution in [0.5, 0.6) is 0 Å². The molecule has 0 N–H and O–H groups in total. The average Bonchev–Trinajstić information content (AvgIpc) is 2.68. The van der Waals surface area contributed by atoms with Gasteiger partial charge in [0.25, 0.3) is 5.56 Å². The van der Waals surface area contributed by atoms with Crippen molar-refractivity contribution in [1.29, 1.82) is 0 Å². The predicted molar refractivity (Wildman–Crippen MR) is 59.3 cm³/mol. The minimum Gasteiger partial charge on any atom is -0.440 e. The second kappa shape index (κ2) is 2.91. The van der Waals surface area contributed by atoms with Gasteiger partial charge in [0.1, 0.15) is 0 Å². The van der Waals surface area contributed by atoms with E-state index in [-0.39, 0.29) is 5.56 Å². The molecule has 3 rings (SSSR count). The number of fused-ring (bicyclic) bond motifs is 3. The summed E-state index contributed by atoms with van der Waals surface area (Å²) in [4.78, 5) is 20.1. The van der Waals surface area contributed by atoms with E-state index in [0.717, 1.165) is 10.9 Å². The average molecular weight is 215 g/mol. The quantitative estimate of drug-likeness (QED) is 0.568. The molecule has 0 unspecified atom stereocenters. The third-order valence-corrected chi connectivity index (χ3v) is 2.65. The molecule has 0 fully saturated rings. The lowest BCUT2D eigenvalue weighted by Crippen LogP contribution is -2.17. The third-order valence-electron chi connectivity index (χ3n) is 2.65. The zero-order valence-corrected chi connectivity index (χ0v) is 8.89. The molecule has 3 aromatic rings. The Labute approximate surface area is 90.3 Å². The minimum absolute atomic E-state index is 0.148. The highest BCUT2D eigenvalue weighted by molar-refractivity contribution is 6.00. The first-order chi connectivity index (χ1) is 7.68. The van der Waals surface area contributed by atoms with Crippen LogP contribution in [0.25, 0.3) is 22.0 Å². The first-order valence-corrected chi connectivity index (χ1v) is 4.88. The van der Waals surface area contributed by atoms with E-state index in [1.54, 1.807) is 37.0 Å². The van der Waals surface area contributed by atoms with Crippen molar-refractivity contribution >= 4 is 22.0 Å². The van der Waals surface area contributed by atoms with Gasteiger partial charge in [-0.1, -0.05) is 0 Å². The SMILES string of the molecule is Cc1nc2c(=O)n(C)c3ccncc3c2o1. The van der Waals surface area contributed by atoms with Crippen LogP contribution in [-0.4, -0.2) is 14.5 Å². The van der Waals surface area contributed by atoms with E-state index in [2.05, 4.69) is 9.97 Å². The first kappa shape index (κ1) is 9.08. The molecule has 0 aromatic carbocycles. The van der Waals surface area contributed by atoms with E-state index in [1.807, 2.05) is 0 Å². The highest BCUT2D eigenvalue weighted by Crippen LogP contribution is 2.21. The molecule has 0 aliphatic carbocycles. The summed E-state index contributed by atoms with van der Waals surface area (Å²) in [6.07, 6.45) is 3.33. The zero-order valence-electron chi connectivity index (χ0n) is 8.89. The maximum absolute atomic E-state index is 12.0. The molecule has 0 radical (unpaired) electrons. The Hall–Kier alpha value is -2.17. The van der Waals surface area contributed by atoms with Crippen LogP contribution in [0, 0.1) is 6.92 Å². The van der Waals surface area contributed by atoms with E-state index >= 15 is 0 Å². The molecule has 0 spiro atoms. The Morgan fingerprint density at radius 2 is 2.25 bits per heavy atom. The van der Waals surface area contributed by atoms with Gasteiger partial charge in [0, 0.05) is 26.4 Å². The third kappa shape index (κ3) is 1.02. The van der Waals surface area contributed by atoms with Gasteiger partial charge in [-0.25, -0.2) is 4.98 Å². The van der Waals surface area contributed by atoms with Crippen LogP contribution in [0.2, 0.25) is 0 Å². The molecule has 0 saturated heterocycles. The molecule has 3 aromatic heterocycles. The van der Waals surface area contributed by atoms with Crippen molar-refractivity contribution in [2.24, 2.45) is 7.05 Å². The first-order valence-electron chi connectivity index (χ1n) is 4.88. The van der Waals surface area contributed by atoms with E-state index in [0.29, 0.717) is 17.0 Å². The second-order valence-corrected chi connectivity index (χ2v) is 3.67. The number of hydrogen-bond donors (Lipinski definition) is 0. The minimum atomic E-state index is -0.148. The molecule has 5 heteroatoms. The summed E-state index contributed by atoms with van der Waals surface area (Å²) in [5.41, 5.74) is 1.53. The number of nitrogens with zero attached hydrogens (tertiary/aromatic N) is 3. The number of aromatic nitrogens is 3. The van der Waals surface area contributed by atoms with E-state index in [1.165, 1.54) is 0 Å². The highest BCUT2D eigenvalue weighted by Gasteiger charge is 2.13. The van der Waals surface area contributed by atoms with Gasteiger partial charge < -0.3 is 8.98 Å². The molecule has 0 bridgehead atoms. The Morgan fingerprint density at radius 1 is 1.44 bits per heavy atom. The molecular formula is C11H9N3O2. The van der Waals surface area contributed by atoms with Crippen molar-refractivity contribution in [1.82, 2.24) is 14.5 Å². The molecule has 80 valence electrons. The molecule has 0 saturated carbocycles. The van der Waals surface area contributed by atoms with E-state index in [9.17, 15) is 4.79 Å². The van der Waals surface area contributed by atoms with E-state index in [4.69, 9.17) is 4.42 Å². The van der Waals surface area contributed by atoms with Crippen molar-refractivity contribution in [3.8, 4) is 0 Å². The summed E-state index contributed by atoms with van der Waals surface area (Å²) < 4.78 is 7.01. The largest absolute Gasteiger partial charge is 0.440 e. The van der Waals surface area contributed by atoms with E-state index < -0.39 is 0 Å². The summed E-state index contributed by atoms with van der Waals surface area (Å²) in [6, 6.07) is 1.79. The highest BCUT2D eigenvalue weighted by atomic mass is 16.3. The Balaban J connectivity index is 2.73. The Morgan fingerprint density at radius 3 is 3.06 bits per heavy atom. The van der Waals surface area contributed by atoms with Gasteiger partial charge in [-0.05, 0) is 6.07 Å². The van der Waals surface area contributed by atoms with Crippen LogP contribution in [-0.2, 0) is 7.05 Å². The van der Waals surface area contributed by atoms with Crippen molar-refractivity contribution in [3.63, 3.8) is 0 Å². The van der Waals surface area contributed by atoms with Gasteiger partial charge in [-0.15, -0.1) is 0 Å². The van der Waals surface area contributed by atoms with Crippen LogP contribution >= 0.6 is 0 Å². The molecule has 16 heavy (non-hydrogen) atoms. The molecule has 0 amide bonds. The zero-order chi connectivity index (χ0) is 11.3. The fraction of sp³-hybridized carbons (Fsp3) is 0.182. The number of pyridine rings is 2. The summed E-state index contributed by atoms with van der Waals surface area (Å²) in [5, 5.41) is 0.806. The lowest BCUT2D eigenvalue weighted by atomic mass is 10.2. The Kier molecular flexibility index (Phi) is 1.65. The number of oxazole rings is 1. The monoisotopic (exact) mass is 215 g/mol. The normalized spacial score (nSPS) is 11.4. The topological polar surface area (TPSA) is 60.9 Å². The van der Waals surface area contributed by atoms with Crippen LogP contribution < -0.4 is 5.56 Å². The summed E-state index contributed by atoms with van der Waals surface area (Å²) >= 11 is 0. The lowest BCUT2D eigenvalue weighted by molar-refractivity contribution is 0.563. The van der Waals surface area contributed by atoms with Gasteiger partial charge in [0.05, 0.1) is 10.9 Å². The maximum Gasteiger partial charge on any atom is 0.280 e. The van der Waals surface area contributed by atoms with Crippen LogP contribution in [0.15, 0.2) is 27.7 Å². The van der Waals surface area contributed by atoms with Crippen molar-refractivity contribution in [2.45, 2.75) is 6.92 Å². The van der Waals surface area contributed by atoms with Gasteiger partial charge >= 0.3 is 0 Å². The number of aryl methyl sites for hydroxylation is 2. The molecular weight excluding hydrogens is 206 g/mol. The lowest BCUT2D eigenvalue weighted by Gasteiger charge is -2.02. The Bertz CT molecular complexity index is 755. The number of hydrogen-bond acceptors (Lipinski definition) is 4. The maximum atomic E-state index is 12.0. The van der Waals surface area contributed by atoms with Gasteiger partial charge in [-0.2, -0.15) is 0 Å². The summed E-state index contributed by atoms with van der Waals surface area (Å²) in [7, 11) is 1.72.